The van der Waals surface area contributed by atoms with Crippen LogP contribution >= 0.6 is 0 Å². The molecule has 1 N–H and O–H groups in total. The molecule has 0 aromatic rings. The summed E-state index contributed by atoms with van der Waals surface area (Å²) < 4.78 is 0. The molecule has 2 saturated carbocycles. The lowest BCUT2D eigenvalue weighted by atomic mass is 9.60. The maximum atomic E-state index is 11.5. The fraction of sp³-hybridized carbons (Fsp3) is 0.929. The zero-order chi connectivity index (χ0) is 11.2. The Kier molecular flexibility index (Phi) is 2.31. The first-order chi connectivity index (χ1) is 7.64. The van der Waals surface area contributed by atoms with Crippen molar-refractivity contribution in [1.82, 2.24) is 5.32 Å². The maximum absolute atomic E-state index is 11.5. The number of nitrogens with one attached hydrogen (secondary N) is 1. The highest BCUT2D eigenvalue weighted by Crippen LogP contribution is 2.56. The summed E-state index contributed by atoms with van der Waals surface area (Å²) in [5.74, 6) is 0.287. The second-order valence-electron chi connectivity index (χ2n) is 6.54. The van der Waals surface area contributed by atoms with Crippen LogP contribution in [0.5, 0.6) is 0 Å². The van der Waals surface area contributed by atoms with Gasteiger partial charge in [0.05, 0.1) is 0 Å². The van der Waals surface area contributed by atoms with Crippen LogP contribution < -0.4 is 5.32 Å². The molecule has 1 atom stereocenters. The molecule has 1 unspecified atom stereocenters. The summed E-state index contributed by atoms with van der Waals surface area (Å²) in [6.45, 7) is 2.21. The lowest BCUT2D eigenvalue weighted by molar-refractivity contribution is -0.120. The zero-order valence-corrected chi connectivity index (χ0v) is 10.3. The Balaban J connectivity index is 1.72. The molecule has 1 amide bonds. The van der Waals surface area contributed by atoms with Crippen LogP contribution in [0.1, 0.15) is 64.7 Å². The Morgan fingerprint density at radius 1 is 1.06 bits per heavy atom. The molecule has 1 heterocycles. The maximum Gasteiger partial charge on any atom is 0.220 e. The Labute approximate surface area is 98.2 Å². The number of amides is 1. The van der Waals surface area contributed by atoms with Crippen molar-refractivity contribution in [1.29, 1.82) is 0 Å². The van der Waals surface area contributed by atoms with E-state index in [1.807, 2.05) is 0 Å². The molecule has 1 aliphatic heterocycles. The minimum absolute atomic E-state index is 0.287. The van der Waals surface area contributed by atoms with Crippen LogP contribution in [-0.2, 0) is 4.79 Å². The van der Waals surface area contributed by atoms with Crippen molar-refractivity contribution < 1.29 is 4.79 Å². The molecule has 2 nitrogen and oxygen atoms in total. The predicted octanol–water partition coefficient (Wildman–Crippen LogP) is 3.02. The van der Waals surface area contributed by atoms with Gasteiger partial charge in [-0.1, -0.05) is 12.8 Å². The highest BCUT2D eigenvalue weighted by Gasteiger charge is 2.50. The van der Waals surface area contributed by atoms with Crippen molar-refractivity contribution in [2.24, 2.45) is 10.8 Å². The summed E-state index contributed by atoms with van der Waals surface area (Å²) in [6, 6.07) is 0.416. The third kappa shape index (κ3) is 1.49. The number of carbonyl (C=O) groups is 1. The monoisotopic (exact) mass is 221 g/mol. The summed E-state index contributed by atoms with van der Waals surface area (Å²) >= 11 is 0. The van der Waals surface area contributed by atoms with Gasteiger partial charge in [-0.05, 0) is 56.3 Å². The second kappa shape index (κ2) is 3.48. The molecule has 0 aromatic carbocycles. The van der Waals surface area contributed by atoms with Crippen molar-refractivity contribution in [3.8, 4) is 0 Å². The number of hydrogen-bond donors (Lipinski definition) is 1. The highest BCUT2D eigenvalue weighted by molar-refractivity contribution is 5.79. The minimum atomic E-state index is 0.287. The first-order valence-electron chi connectivity index (χ1n) is 6.94. The molecule has 2 heteroatoms. The third-order valence-corrected chi connectivity index (χ3v) is 5.78. The Morgan fingerprint density at radius 3 is 2.19 bits per heavy atom. The molecular weight excluding hydrogens is 198 g/mol. The van der Waals surface area contributed by atoms with Crippen LogP contribution in [0.15, 0.2) is 0 Å². The van der Waals surface area contributed by atoms with Crippen LogP contribution in [-0.4, -0.2) is 11.9 Å². The van der Waals surface area contributed by atoms with E-state index in [1.165, 1.54) is 51.4 Å². The first kappa shape index (κ1) is 10.6. The molecule has 2 spiro atoms. The van der Waals surface area contributed by atoms with E-state index in [1.54, 1.807) is 0 Å². The lowest BCUT2D eigenvalue weighted by Crippen LogP contribution is -2.40. The van der Waals surface area contributed by atoms with Crippen molar-refractivity contribution >= 4 is 5.91 Å². The van der Waals surface area contributed by atoms with Gasteiger partial charge in [0.25, 0.3) is 0 Å². The van der Waals surface area contributed by atoms with Crippen LogP contribution in [0.2, 0.25) is 0 Å². The molecule has 3 aliphatic rings. The van der Waals surface area contributed by atoms with Crippen LogP contribution in [0.25, 0.3) is 0 Å². The summed E-state index contributed by atoms with van der Waals surface area (Å²) in [4.78, 5) is 11.5. The van der Waals surface area contributed by atoms with Gasteiger partial charge in [-0.25, -0.2) is 0 Å². The molecule has 2 aliphatic carbocycles. The van der Waals surface area contributed by atoms with E-state index < -0.39 is 0 Å². The average molecular weight is 221 g/mol. The van der Waals surface area contributed by atoms with Gasteiger partial charge in [-0.15, -0.1) is 0 Å². The first-order valence-corrected chi connectivity index (χ1v) is 6.94. The Hall–Kier alpha value is -0.530. The van der Waals surface area contributed by atoms with Gasteiger partial charge in [0, 0.05) is 12.5 Å². The number of hydrogen-bond acceptors (Lipinski definition) is 1. The van der Waals surface area contributed by atoms with Crippen LogP contribution in [0.4, 0.5) is 0 Å². The fourth-order valence-electron chi connectivity index (χ4n) is 4.43. The quantitative estimate of drug-likeness (QED) is 0.669. The average Bonchev–Trinajstić information content (AvgIpc) is 2.80. The lowest BCUT2D eigenvalue weighted by Gasteiger charge is -2.44. The summed E-state index contributed by atoms with van der Waals surface area (Å²) in [5, 5.41) is 3.12. The summed E-state index contributed by atoms with van der Waals surface area (Å²) in [7, 11) is 0. The Morgan fingerprint density at radius 2 is 1.69 bits per heavy atom. The van der Waals surface area contributed by atoms with Gasteiger partial charge >= 0.3 is 0 Å². The summed E-state index contributed by atoms with van der Waals surface area (Å²) in [5.41, 5.74) is 1.02. The van der Waals surface area contributed by atoms with Gasteiger partial charge in [0.15, 0.2) is 0 Å². The fourth-order valence-corrected chi connectivity index (χ4v) is 4.43. The second-order valence-corrected chi connectivity index (χ2v) is 6.54. The normalized spacial score (nSPS) is 35.8. The van der Waals surface area contributed by atoms with E-state index >= 15 is 0 Å². The predicted molar refractivity (Wildman–Crippen MR) is 64.0 cm³/mol. The highest BCUT2D eigenvalue weighted by atomic mass is 16.2. The van der Waals surface area contributed by atoms with E-state index in [2.05, 4.69) is 12.2 Å². The number of rotatable bonds is 0. The van der Waals surface area contributed by atoms with Gasteiger partial charge in [-0.3, -0.25) is 4.79 Å². The molecule has 0 radical (unpaired) electrons. The van der Waals surface area contributed by atoms with E-state index in [0.29, 0.717) is 16.9 Å². The SMILES string of the molecule is CC1NC(=O)CC12CCC1(CCCC1)CC2. The molecule has 0 bridgehead atoms. The molecule has 0 aromatic heterocycles. The number of carbonyl (C=O) groups excluding carboxylic acids is 1. The van der Waals surface area contributed by atoms with Crippen molar-refractivity contribution in [3.63, 3.8) is 0 Å². The molecule has 90 valence electrons. The third-order valence-electron chi connectivity index (χ3n) is 5.78. The van der Waals surface area contributed by atoms with E-state index in [0.717, 1.165) is 6.42 Å². The standard InChI is InChI=1S/C14H23NO/c1-11-14(10-12(16)15-11)8-6-13(7-9-14)4-2-3-5-13/h11H,2-10H2,1H3,(H,15,16). The van der Waals surface area contributed by atoms with E-state index in [4.69, 9.17) is 0 Å². The van der Waals surface area contributed by atoms with Gasteiger partial charge in [0.2, 0.25) is 5.91 Å². The van der Waals surface area contributed by atoms with Gasteiger partial charge < -0.3 is 5.32 Å². The molecule has 16 heavy (non-hydrogen) atoms. The van der Waals surface area contributed by atoms with E-state index in [9.17, 15) is 4.79 Å². The summed E-state index contributed by atoms with van der Waals surface area (Å²) in [6.07, 6.45) is 11.9. The molecular formula is C14H23NO. The molecule has 3 fully saturated rings. The van der Waals surface area contributed by atoms with Crippen molar-refractivity contribution in [2.75, 3.05) is 0 Å². The van der Waals surface area contributed by atoms with Crippen molar-refractivity contribution in [3.05, 3.63) is 0 Å². The minimum Gasteiger partial charge on any atom is -0.353 e. The zero-order valence-electron chi connectivity index (χ0n) is 10.3. The van der Waals surface area contributed by atoms with E-state index in [-0.39, 0.29) is 5.91 Å². The van der Waals surface area contributed by atoms with Crippen LogP contribution in [0.3, 0.4) is 0 Å². The topological polar surface area (TPSA) is 29.1 Å². The Bertz CT molecular complexity index is 294. The van der Waals surface area contributed by atoms with Gasteiger partial charge in [0.1, 0.15) is 0 Å². The molecule has 3 rings (SSSR count). The smallest absolute Gasteiger partial charge is 0.220 e. The van der Waals surface area contributed by atoms with Gasteiger partial charge in [-0.2, -0.15) is 0 Å². The van der Waals surface area contributed by atoms with Crippen LogP contribution in [0, 0.1) is 10.8 Å². The molecule has 1 saturated heterocycles. The van der Waals surface area contributed by atoms with Crippen molar-refractivity contribution in [2.45, 2.75) is 70.8 Å². The largest absolute Gasteiger partial charge is 0.353 e.